The number of nitrogens with one attached hydrogen (secondary N) is 1. The Bertz CT molecular complexity index is 1010. The fourth-order valence-corrected chi connectivity index (χ4v) is 4.39. The molecule has 0 bridgehead atoms. The predicted octanol–water partition coefficient (Wildman–Crippen LogP) is 3.58. The summed E-state index contributed by atoms with van der Waals surface area (Å²) in [5.74, 6) is 0.733. The second kappa shape index (κ2) is 10.4. The van der Waals surface area contributed by atoms with E-state index in [1.165, 1.54) is 33.6 Å². The molecule has 0 fully saturated rings. The van der Waals surface area contributed by atoms with Crippen LogP contribution in [0.4, 0.5) is 10.5 Å². The van der Waals surface area contributed by atoms with Gasteiger partial charge in [-0.25, -0.2) is 4.79 Å². The maximum atomic E-state index is 12.6. The number of benzene rings is 1. The second-order valence-corrected chi connectivity index (χ2v) is 7.95. The minimum atomic E-state index is -0.491. The number of methoxy groups -OCH3 is 3. The van der Waals surface area contributed by atoms with Crippen molar-refractivity contribution >= 4 is 23.7 Å². The molecule has 2 aliphatic rings. The highest BCUT2D eigenvalue weighted by molar-refractivity contribution is 5.90. The average Bonchev–Trinajstić information content (AvgIpc) is 2.79. The Balaban J connectivity index is 2.06. The largest absolute Gasteiger partial charge is 0.501 e. The van der Waals surface area contributed by atoms with Crippen molar-refractivity contribution in [2.45, 2.75) is 45.6 Å². The van der Waals surface area contributed by atoms with Gasteiger partial charge in [-0.15, -0.1) is 0 Å². The Morgan fingerprint density at radius 3 is 2.45 bits per heavy atom. The molecule has 1 aromatic carbocycles. The number of rotatable bonds is 6. The molecule has 1 unspecified atom stereocenters. The van der Waals surface area contributed by atoms with Crippen LogP contribution in [0, 0.1) is 0 Å². The van der Waals surface area contributed by atoms with Gasteiger partial charge in [-0.05, 0) is 42.5 Å². The van der Waals surface area contributed by atoms with Crippen LogP contribution >= 0.6 is 0 Å². The zero-order valence-electron chi connectivity index (χ0n) is 19.6. The summed E-state index contributed by atoms with van der Waals surface area (Å²) in [6, 6.07) is 3.01. The molecule has 0 radical (unpaired) electrons. The SMILES string of the molecule is COC(=O)N1CCC2=C(CC=C(OC)C2)C1Cc1cc(OC(C)=O)c(OC)cc1NC(C)=O. The van der Waals surface area contributed by atoms with E-state index in [0.717, 1.165) is 17.8 Å². The summed E-state index contributed by atoms with van der Waals surface area (Å²) in [5, 5.41) is 2.82. The van der Waals surface area contributed by atoms with Crippen molar-refractivity contribution in [2.75, 3.05) is 33.2 Å². The number of allylic oxidation sites excluding steroid dienone is 2. The first kappa shape index (κ1) is 24.2. The number of ether oxygens (including phenoxy) is 4. The van der Waals surface area contributed by atoms with Crippen LogP contribution in [0.25, 0.3) is 0 Å². The van der Waals surface area contributed by atoms with Crippen LogP contribution < -0.4 is 14.8 Å². The fraction of sp³-hybridized carbons (Fsp3) is 0.458. The fourth-order valence-electron chi connectivity index (χ4n) is 4.39. The topological polar surface area (TPSA) is 103 Å². The van der Waals surface area contributed by atoms with E-state index in [2.05, 4.69) is 5.32 Å². The minimum Gasteiger partial charge on any atom is -0.501 e. The van der Waals surface area contributed by atoms with E-state index in [1.54, 1.807) is 24.1 Å². The molecule has 0 saturated heterocycles. The normalized spacial score (nSPS) is 17.5. The highest BCUT2D eigenvalue weighted by Crippen LogP contribution is 2.39. The molecule has 1 heterocycles. The Hall–Kier alpha value is -3.49. The third-order valence-corrected chi connectivity index (χ3v) is 5.86. The Morgan fingerprint density at radius 1 is 1.09 bits per heavy atom. The van der Waals surface area contributed by atoms with Crippen LogP contribution in [-0.2, 0) is 25.5 Å². The van der Waals surface area contributed by atoms with Crippen LogP contribution in [0.3, 0.4) is 0 Å². The number of carbonyl (C=O) groups excluding carboxylic acids is 3. The van der Waals surface area contributed by atoms with E-state index < -0.39 is 12.1 Å². The molecule has 3 rings (SSSR count). The van der Waals surface area contributed by atoms with E-state index in [4.69, 9.17) is 18.9 Å². The molecule has 1 aliphatic carbocycles. The van der Waals surface area contributed by atoms with Crippen LogP contribution in [0.2, 0.25) is 0 Å². The van der Waals surface area contributed by atoms with Crippen molar-refractivity contribution < 1.29 is 33.3 Å². The number of hydrogen-bond acceptors (Lipinski definition) is 7. The van der Waals surface area contributed by atoms with Gasteiger partial charge in [0.2, 0.25) is 5.91 Å². The monoisotopic (exact) mass is 458 g/mol. The third-order valence-electron chi connectivity index (χ3n) is 5.86. The highest BCUT2D eigenvalue weighted by Gasteiger charge is 2.35. The molecular formula is C24H30N2O7. The van der Waals surface area contributed by atoms with Crippen molar-refractivity contribution in [1.29, 1.82) is 0 Å². The molecule has 1 atom stereocenters. The first-order valence-corrected chi connectivity index (χ1v) is 10.7. The Morgan fingerprint density at radius 2 is 1.85 bits per heavy atom. The molecule has 1 aromatic rings. The van der Waals surface area contributed by atoms with Crippen LogP contribution in [-0.4, -0.2) is 56.8 Å². The molecule has 0 saturated carbocycles. The minimum absolute atomic E-state index is 0.244. The number of hydrogen-bond donors (Lipinski definition) is 1. The molecule has 1 aliphatic heterocycles. The van der Waals surface area contributed by atoms with E-state index in [1.807, 2.05) is 6.08 Å². The quantitative estimate of drug-likeness (QED) is 0.395. The van der Waals surface area contributed by atoms with E-state index in [9.17, 15) is 14.4 Å². The summed E-state index contributed by atoms with van der Waals surface area (Å²) in [6.45, 7) is 3.23. The van der Waals surface area contributed by atoms with E-state index in [-0.39, 0.29) is 17.7 Å². The molecule has 9 nitrogen and oxygen atoms in total. The van der Waals surface area contributed by atoms with Gasteiger partial charge in [-0.1, -0.05) is 5.57 Å². The lowest BCUT2D eigenvalue weighted by molar-refractivity contribution is -0.132. The van der Waals surface area contributed by atoms with Crippen LogP contribution in [0.1, 0.15) is 38.7 Å². The number of esters is 1. The standard InChI is InChI=1S/C24H30N2O7/c1-14(27)25-20-13-22(31-4)23(33-15(2)28)12-17(20)11-21-19-7-6-18(30-3)10-16(19)8-9-26(21)24(29)32-5/h6,12-13,21H,7-11H2,1-5H3,(H,25,27). The molecule has 0 spiro atoms. The summed E-state index contributed by atoms with van der Waals surface area (Å²) in [4.78, 5) is 37.8. The summed E-state index contributed by atoms with van der Waals surface area (Å²) in [7, 11) is 4.48. The maximum Gasteiger partial charge on any atom is 0.410 e. The van der Waals surface area contributed by atoms with E-state index >= 15 is 0 Å². The number of carbonyl (C=O) groups is 3. The predicted molar refractivity (Wildman–Crippen MR) is 121 cm³/mol. The molecule has 0 aromatic heterocycles. The molecular weight excluding hydrogens is 428 g/mol. The molecule has 9 heteroatoms. The number of anilines is 1. The lowest BCUT2D eigenvalue weighted by Gasteiger charge is -2.40. The Labute approximate surface area is 193 Å². The summed E-state index contributed by atoms with van der Waals surface area (Å²) in [5.41, 5.74) is 3.61. The second-order valence-electron chi connectivity index (χ2n) is 7.95. The van der Waals surface area contributed by atoms with Crippen molar-refractivity contribution in [3.05, 3.63) is 40.7 Å². The smallest absolute Gasteiger partial charge is 0.410 e. The Kier molecular flexibility index (Phi) is 7.63. The summed E-state index contributed by atoms with van der Waals surface area (Å²) in [6.07, 6.45) is 4.10. The highest BCUT2D eigenvalue weighted by atomic mass is 16.6. The summed E-state index contributed by atoms with van der Waals surface area (Å²) < 4.78 is 21.2. The zero-order valence-corrected chi connectivity index (χ0v) is 19.6. The molecule has 33 heavy (non-hydrogen) atoms. The molecule has 1 N–H and O–H groups in total. The maximum absolute atomic E-state index is 12.6. The molecule has 2 amide bonds. The van der Waals surface area contributed by atoms with Gasteiger partial charge in [-0.3, -0.25) is 9.59 Å². The first-order chi connectivity index (χ1) is 15.8. The van der Waals surface area contributed by atoms with Crippen molar-refractivity contribution in [3.63, 3.8) is 0 Å². The lowest BCUT2D eigenvalue weighted by atomic mass is 9.82. The van der Waals surface area contributed by atoms with Gasteiger partial charge in [0, 0.05) is 38.6 Å². The lowest BCUT2D eigenvalue weighted by Crippen LogP contribution is -2.46. The number of amides is 2. The van der Waals surface area contributed by atoms with Gasteiger partial charge in [-0.2, -0.15) is 0 Å². The van der Waals surface area contributed by atoms with Gasteiger partial charge in [0.15, 0.2) is 11.5 Å². The number of nitrogens with zero attached hydrogens (tertiary/aromatic N) is 1. The summed E-state index contributed by atoms with van der Waals surface area (Å²) >= 11 is 0. The van der Waals surface area contributed by atoms with Crippen LogP contribution in [0.15, 0.2) is 35.1 Å². The van der Waals surface area contributed by atoms with Gasteiger partial charge in [0.25, 0.3) is 0 Å². The third kappa shape index (κ3) is 5.47. The molecule has 178 valence electrons. The van der Waals surface area contributed by atoms with Crippen LogP contribution in [0.5, 0.6) is 11.5 Å². The van der Waals surface area contributed by atoms with Crippen molar-refractivity contribution in [3.8, 4) is 11.5 Å². The van der Waals surface area contributed by atoms with Crippen molar-refractivity contribution in [1.82, 2.24) is 4.90 Å². The van der Waals surface area contributed by atoms with Gasteiger partial charge in [0.1, 0.15) is 0 Å². The zero-order chi connectivity index (χ0) is 24.1. The van der Waals surface area contributed by atoms with E-state index in [0.29, 0.717) is 42.8 Å². The van der Waals surface area contributed by atoms with Gasteiger partial charge < -0.3 is 29.2 Å². The van der Waals surface area contributed by atoms with Crippen molar-refractivity contribution in [2.24, 2.45) is 0 Å². The van der Waals surface area contributed by atoms with Gasteiger partial charge in [0.05, 0.1) is 33.1 Å². The first-order valence-electron chi connectivity index (χ1n) is 10.7. The average molecular weight is 459 g/mol. The van der Waals surface area contributed by atoms with Gasteiger partial charge >= 0.3 is 12.1 Å².